The van der Waals surface area contributed by atoms with Crippen LogP contribution in [0.3, 0.4) is 0 Å². The van der Waals surface area contributed by atoms with Gasteiger partial charge in [0, 0.05) is 24.7 Å². The molecule has 5 nitrogen and oxygen atoms in total. The number of ether oxygens (including phenoxy) is 1. The number of hydrogen-bond donors (Lipinski definition) is 1. The van der Waals surface area contributed by atoms with Gasteiger partial charge < -0.3 is 15.0 Å². The number of likely N-dealkylation sites (tertiary alicyclic amines) is 1. The fourth-order valence-corrected chi connectivity index (χ4v) is 3.76. The molecule has 2 aromatic carbocycles. The lowest BCUT2D eigenvalue weighted by atomic mass is 9.96. The van der Waals surface area contributed by atoms with E-state index >= 15 is 0 Å². The molecule has 0 atom stereocenters. The number of hydrogen-bond acceptors (Lipinski definition) is 3. The van der Waals surface area contributed by atoms with Gasteiger partial charge in [-0.3, -0.25) is 9.59 Å². The number of nitrogens with zero attached hydrogens (tertiary/aromatic N) is 1. The summed E-state index contributed by atoms with van der Waals surface area (Å²) in [5.41, 5.74) is 2.41. The molecule has 1 saturated carbocycles. The van der Waals surface area contributed by atoms with Crippen LogP contribution in [0.2, 0.25) is 0 Å². The molecule has 5 heteroatoms. The normalized spacial score (nSPS) is 17.1. The van der Waals surface area contributed by atoms with Crippen LogP contribution in [0.4, 0.5) is 0 Å². The molecule has 4 rings (SSSR count). The number of rotatable bonds is 6. The van der Waals surface area contributed by atoms with E-state index in [1.165, 1.54) is 0 Å². The number of piperidine rings is 1. The van der Waals surface area contributed by atoms with Gasteiger partial charge in [-0.05, 0) is 62.3 Å². The smallest absolute Gasteiger partial charge is 0.255 e. The summed E-state index contributed by atoms with van der Waals surface area (Å²) in [7, 11) is 0. The van der Waals surface area contributed by atoms with Crippen LogP contribution in [-0.4, -0.2) is 42.5 Å². The molecular weight excluding hydrogens is 364 g/mol. The van der Waals surface area contributed by atoms with Crippen molar-refractivity contribution in [3.8, 4) is 5.75 Å². The Hall–Kier alpha value is -2.82. The van der Waals surface area contributed by atoms with Crippen LogP contribution in [-0.2, 0) is 0 Å². The molecule has 0 bridgehead atoms. The van der Waals surface area contributed by atoms with Crippen molar-refractivity contribution in [2.45, 2.75) is 38.6 Å². The summed E-state index contributed by atoms with van der Waals surface area (Å²) >= 11 is 0. The third-order valence-electron chi connectivity index (χ3n) is 5.80. The van der Waals surface area contributed by atoms with Gasteiger partial charge in [0.2, 0.25) is 0 Å². The summed E-state index contributed by atoms with van der Waals surface area (Å²) in [6.07, 6.45) is 3.95. The van der Waals surface area contributed by atoms with Crippen LogP contribution >= 0.6 is 0 Å². The Kier molecular flexibility index (Phi) is 5.84. The molecule has 0 aromatic heterocycles. The maximum Gasteiger partial charge on any atom is 0.255 e. The van der Waals surface area contributed by atoms with Crippen molar-refractivity contribution in [1.29, 1.82) is 0 Å². The van der Waals surface area contributed by atoms with Gasteiger partial charge in [-0.1, -0.05) is 30.3 Å². The molecule has 2 fully saturated rings. The number of carbonyl (C=O) groups is 2. The number of carbonyl (C=O) groups excluding carboxylic acids is 2. The van der Waals surface area contributed by atoms with Crippen molar-refractivity contribution >= 4 is 11.8 Å². The van der Waals surface area contributed by atoms with E-state index in [1.807, 2.05) is 60.4 Å². The lowest BCUT2D eigenvalue weighted by Gasteiger charge is -2.32. The minimum Gasteiger partial charge on any atom is -0.492 e. The Morgan fingerprint density at radius 3 is 2.31 bits per heavy atom. The Labute approximate surface area is 172 Å². The lowest BCUT2D eigenvalue weighted by molar-refractivity contribution is 0.0658. The molecule has 1 aliphatic heterocycles. The minimum atomic E-state index is -0.0539. The molecule has 0 radical (unpaired) electrons. The monoisotopic (exact) mass is 392 g/mol. The van der Waals surface area contributed by atoms with Crippen LogP contribution < -0.4 is 10.1 Å². The number of amides is 2. The Morgan fingerprint density at radius 2 is 1.62 bits per heavy atom. The summed E-state index contributed by atoms with van der Waals surface area (Å²) in [4.78, 5) is 27.1. The minimum absolute atomic E-state index is 0.0539. The van der Waals surface area contributed by atoms with Gasteiger partial charge in [-0.2, -0.15) is 0 Å². The molecule has 2 aromatic rings. The van der Waals surface area contributed by atoms with Gasteiger partial charge in [0.15, 0.2) is 0 Å². The number of aryl methyl sites for hydroxylation is 1. The molecule has 0 unspecified atom stereocenters. The summed E-state index contributed by atoms with van der Waals surface area (Å²) in [6.45, 7) is 4.03. The van der Waals surface area contributed by atoms with Crippen LogP contribution in [0.5, 0.6) is 5.75 Å². The van der Waals surface area contributed by atoms with Crippen LogP contribution in [0.15, 0.2) is 48.5 Å². The fourth-order valence-electron chi connectivity index (χ4n) is 3.76. The van der Waals surface area contributed by atoms with Gasteiger partial charge in [-0.25, -0.2) is 0 Å². The highest BCUT2D eigenvalue weighted by Crippen LogP contribution is 2.25. The van der Waals surface area contributed by atoms with Crippen molar-refractivity contribution in [2.75, 3.05) is 19.7 Å². The summed E-state index contributed by atoms with van der Waals surface area (Å²) in [5.74, 6) is 1.09. The fraction of sp³-hybridized carbons (Fsp3) is 0.417. The van der Waals surface area contributed by atoms with Crippen molar-refractivity contribution in [1.82, 2.24) is 10.2 Å². The Balaban J connectivity index is 1.30. The highest BCUT2D eigenvalue weighted by Gasteiger charge is 2.27. The van der Waals surface area contributed by atoms with Crippen LogP contribution in [0.25, 0.3) is 0 Å². The number of para-hydroxylation sites is 1. The average Bonchev–Trinajstić information content (AvgIpc) is 3.57. The first-order valence-electron chi connectivity index (χ1n) is 10.5. The molecule has 2 aliphatic rings. The predicted molar refractivity (Wildman–Crippen MR) is 112 cm³/mol. The van der Waals surface area contributed by atoms with E-state index in [-0.39, 0.29) is 11.8 Å². The van der Waals surface area contributed by atoms with Crippen molar-refractivity contribution in [3.63, 3.8) is 0 Å². The zero-order valence-electron chi connectivity index (χ0n) is 16.9. The second-order valence-electron chi connectivity index (χ2n) is 8.11. The van der Waals surface area contributed by atoms with E-state index in [0.717, 1.165) is 49.9 Å². The Bertz CT molecular complexity index is 883. The lowest BCUT2D eigenvalue weighted by Crippen LogP contribution is -2.40. The standard InChI is InChI=1S/C24H28N2O3/c1-17-6-2-3-7-20(17)24(28)26-14-12-18(13-15-26)16-29-22-9-5-4-8-21(22)23(27)25-19-10-11-19/h2-9,18-19H,10-16H2,1H3,(H,25,27). The Morgan fingerprint density at radius 1 is 0.966 bits per heavy atom. The number of benzene rings is 2. The van der Waals surface area contributed by atoms with E-state index < -0.39 is 0 Å². The highest BCUT2D eigenvalue weighted by atomic mass is 16.5. The number of nitrogens with one attached hydrogen (secondary N) is 1. The van der Waals surface area contributed by atoms with E-state index in [9.17, 15) is 9.59 Å². The van der Waals surface area contributed by atoms with Gasteiger partial charge in [0.05, 0.1) is 12.2 Å². The predicted octanol–water partition coefficient (Wildman–Crippen LogP) is 3.82. The van der Waals surface area contributed by atoms with Crippen LogP contribution in [0, 0.1) is 12.8 Å². The SMILES string of the molecule is Cc1ccccc1C(=O)N1CCC(COc2ccccc2C(=O)NC2CC2)CC1. The topological polar surface area (TPSA) is 58.6 Å². The maximum atomic E-state index is 12.8. The van der Waals surface area contributed by atoms with E-state index in [1.54, 1.807) is 0 Å². The van der Waals surface area contributed by atoms with Crippen molar-refractivity contribution in [3.05, 3.63) is 65.2 Å². The van der Waals surface area contributed by atoms with Crippen LogP contribution in [0.1, 0.15) is 52.0 Å². The zero-order chi connectivity index (χ0) is 20.2. The zero-order valence-corrected chi connectivity index (χ0v) is 16.9. The molecular formula is C24H28N2O3. The van der Waals surface area contributed by atoms with Gasteiger partial charge >= 0.3 is 0 Å². The summed E-state index contributed by atoms with van der Waals surface area (Å²) in [5, 5.41) is 3.02. The first-order chi connectivity index (χ1) is 14.1. The molecule has 0 spiro atoms. The first-order valence-corrected chi connectivity index (χ1v) is 10.5. The third kappa shape index (κ3) is 4.78. The van der Waals surface area contributed by atoms with E-state index in [2.05, 4.69) is 5.32 Å². The van der Waals surface area contributed by atoms with Crippen molar-refractivity contribution < 1.29 is 14.3 Å². The van der Waals surface area contributed by atoms with Crippen molar-refractivity contribution in [2.24, 2.45) is 5.92 Å². The third-order valence-corrected chi connectivity index (χ3v) is 5.80. The quantitative estimate of drug-likeness (QED) is 0.813. The highest BCUT2D eigenvalue weighted by molar-refractivity contribution is 5.97. The van der Waals surface area contributed by atoms with Gasteiger partial charge in [-0.15, -0.1) is 0 Å². The second-order valence-corrected chi connectivity index (χ2v) is 8.11. The van der Waals surface area contributed by atoms with Gasteiger partial charge in [0.25, 0.3) is 11.8 Å². The molecule has 1 aliphatic carbocycles. The molecule has 1 N–H and O–H groups in total. The molecule has 1 saturated heterocycles. The summed E-state index contributed by atoms with van der Waals surface area (Å²) in [6, 6.07) is 15.5. The van der Waals surface area contributed by atoms with E-state index in [4.69, 9.17) is 4.74 Å². The van der Waals surface area contributed by atoms with E-state index in [0.29, 0.717) is 29.9 Å². The first kappa shape index (κ1) is 19.5. The second kappa shape index (κ2) is 8.68. The molecule has 152 valence electrons. The largest absolute Gasteiger partial charge is 0.492 e. The molecule has 29 heavy (non-hydrogen) atoms. The average molecular weight is 392 g/mol. The summed E-state index contributed by atoms with van der Waals surface area (Å²) < 4.78 is 6.03. The molecule has 2 amide bonds. The molecule has 1 heterocycles. The van der Waals surface area contributed by atoms with Gasteiger partial charge in [0.1, 0.15) is 5.75 Å². The maximum absolute atomic E-state index is 12.8.